The highest BCUT2D eigenvalue weighted by Gasteiger charge is 2.02. The number of hydrogen-bond donors (Lipinski definition) is 1. The number of para-hydroxylation sites is 3. The van der Waals surface area contributed by atoms with Crippen molar-refractivity contribution in [2.45, 2.75) is 19.5 Å². The van der Waals surface area contributed by atoms with E-state index in [2.05, 4.69) is 33.1 Å². The zero-order chi connectivity index (χ0) is 15.2. The Bertz CT molecular complexity index is 736. The van der Waals surface area contributed by atoms with Gasteiger partial charge in [0.05, 0.1) is 24.5 Å². The summed E-state index contributed by atoms with van der Waals surface area (Å²) in [4.78, 5) is 4.41. The minimum Gasteiger partial charge on any atom is -0.496 e. The largest absolute Gasteiger partial charge is 0.496 e. The first kappa shape index (κ1) is 14.6. The number of hydrogen-bond acceptors (Lipinski definition) is 3. The van der Waals surface area contributed by atoms with E-state index in [1.54, 1.807) is 7.11 Å². The van der Waals surface area contributed by atoms with E-state index in [4.69, 9.17) is 4.74 Å². The molecule has 4 nitrogen and oxygen atoms in total. The monoisotopic (exact) mass is 295 g/mol. The number of nitrogens with zero attached hydrogens (tertiary/aromatic N) is 2. The van der Waals surface area contributed by atoms with Crippen LogP contribution < -0.4 is 10.1 Å². The molecule has 3 aromatic rings. The standard InChI is InChI=1S/C18H21N3O/c1-22-18-10-5-2-7-15(18)13-19-11-6-12-21-14-20-16-8-3-4-9-17(16)21/h2-5,7-10,14,19H,6,11-13H2,1H3. The van der Waals surface area contributed by atoms with Crippen LogP contribution in [0.4, 0.5) is 0 Å². The molecule has 0 fully saturated rings. The highest BCUT2D eigenvalue weighted by atomic mass is 16.5. The molecule has 0 saturated heterocycles. The van der Waals surface area contributed by atoms with E-state index >= 15 is 0 Å². The third-order valence-corrected chi connectivity index (χ3v) is 3.79. The number of ether oxygens (including phenoxy) is 1. The number of imidazole rings is 1. The van der Waals surface area contributed by atoms with E-state index in [0.29, 0.717) is 0 Å². The Balaban J connectivity index is 1.48. The van der Waals surface area contributed by atoms with Gasteiger partial charge in [-0.3, -0.25) is 0 Å². The second-order valence-electron chi connectivity index (χ2n) is 5.27. The van der Waals surface area contributed by atoms with Gasteiger partial charge in [0.2, 0.25) is 0 Å². The normalized spacial score (nSPS) is 11.0. The van der Waals surface area contributed by atoms with Gasteiger partial charge in [-0.25, -0.2) is 4.98 Å². The zero-order valence-corrected chi connectivity index (χ0v) is 12.8. The minimum atomic E-state index is 0.828. The molecule has 2 aromatic carbocycles. The first-order valence-electron chi connectivity index (χ1n) is 7.61. The Morgan fingerprint density at radius 3 is 2.82 bits per heavy atom. The lowest BCUT2D eigenvalue weighted by molar-refractivity contribution is 0.407. The summed E-state index contributed by atoms with van der Waals surface area (Å²) in [5.74, 6) is 0.940. The highest BCUT2D eigenvalue weighted by molar-refractivity contribution is 5.74. The van der Waals surface area contributed by atoms with Gasteiger partial charge in [-0.2, -0.15) is 0 Å². The summed E-state index contributed by atoms with van der Waals surface area (Å²) in [5, 5.41) is 3.47. The summed E-state index contributed by atoms with van der Waals surface area (Å²) in [6.07, 6.45) is 2.99. The maximum atomic E-state index is 5.36. The predicted octanol–water partition coefficient (Wildman–Crippen LogP) is 3.22. The fraction of sp³-hybridized carbons (Fsp3) is 0.278. The van der Waals surface area contributed by atoms with Crippen molar-refractivity contribution in [3.8, 4) is 5.75 Å². The molecule has 0 aliphatic carbocycles. The second kappa shape index (κ2) is 7.09. The quantitative estimate of drug-likeness (QED) is 0.680. The molecule has 1 N–H and O–H groups in total. The van der Waals surface area contributed by atoms with Crippen LogP contribution in [0.25, 0.3) is 11.0 Å². The summed E-state index contributed by atoms with van der Waals surface area (Å²) >= 11 is 0. The molecular formula is C18H21N3O. The summed E-state index contributed by atoms with van der Waals surface area (Å²) in [7, 11) is 1.71. The van der Waals surface area contributed by atoms with Crippen LogP contribution in [0.1, 0.15) is 12.0 Å². The first-order valence-corrected chi connectivity index (χ1v) is 7.61. The van der Waals surface area contributed by atoms with Gasteiger partial charge in [0.15, 0.2) is 0 Å². The number of aromatic nitrogens is 2. The van der Waals surface area contributed by atoms with E-state index in [9.17, 15) is 0 Å². The Hall–Kier alpha value is -2.33. The van der Waals surface area contributed by atoms with Crippen LogP contribution in [-0.4, -0.2) is 23.2 Å². The number of fused-ring (bicyclic) bond motifs is 1. The molecule has 0 unspecified atom stereocenters. The van der Waals surface area contributed by atoms with Crippen molar-refractivity contribution in [2.24, 2.45) is 0 Å². The highest BCUT2D eigenvalue weighted by Crippen LogP contribution is 2.16. The van der Waals surface area contributed by atoms with Crippen LogP contribution in [-0.2, 0) is 13.1 Å². The molecule has 0 aliphatic rings. The average molecular weight is 295 g/mol. The first-order chi connectivity index (χ1) is 10.9. The zero-order valence-electron chi connectivity index (χ0n) is 12.8. The molecule has 4 heteroatoms. The lowest BCUT2D eigenvalue weighted by Gasteiger charge is -2.09. The average Bonchev–Trinajstić information content (AvgIpc) is 2.98. The summed E-state index contributed by atoms with van der Waals surface area (Å²) in [5.41, 5.74) is 3.45. The fourth-order valence-electron chi connectivity index (χ4n) is 2.63. The van der Waals surface area contributed by atoms with Gasteiger partial charge in [-0.1, -0.05) is 30.3 Å². The summed E-state index contributed by atoms with van der Waals surface area (Å²) in [6, 6.07) is 16.4. The van der Waals surface area contributed by atoms with Gasteiger partial charge in [0, 0.05) is 18.7 Å². The lowest BCUT2D eigenvalue weighted by Crippen LogP contribution is -2.16. The van der Waals surface area contributed by atoms with E-state index in [1.807, 2.05) is 36.7 Å². The molecule has 114 valence electrons. The third-order valence-electron chi connectivity index (χ3n) is 3.79. The number of methoxy groups -OCH3 is 1. The van der Waals surface area contributed by atoms with Crippen molar-refractivity contribution in [2.75, 3.05) is 13.7 Å². The SMILES string of the molecule is COc1ccccc1CNCCCn1cnc2ccccc21. The Morgan fingerprint density at radius 1 is 1.09 bits per heavy atom. The molecule has 1 heterocycles. The number of rotatable bonds is 7. The minimum absolute atomic E-state index is 0.828. The van der Waals surface area contributed by atoms with Gasteiger partial charge < -0.3 is 14.6 Å². The molecule has 0 radical (unpaired) electrons. The Labute approximate surface area is 130 Å². The second-order valence-corrected chi connectivity index (χ2v) is 5.27. The van der Waals surface area contributed by atoms with Crippen LogP contribution in [0.15, 0.2) is 54.9 Å². The molecule has 0 saturated carbocycles. The van der Waals surface area contributed by atoms with Crippen molar-refractivity contribution in [1.82, 2.24) is 14.9 Å². The van der Waals surface area contributed by atoms with Crippen molar-refractivity contribution < 1.29 is 4.74 Å². The van der Waals surface area contributed by atoms with Gasteiger partial charge in [0.25, 0.3) is 0 Å². The topological polar surface area (TPSA) is 39.1 Å². The number of nitrogens with one attached hydrogen (secondary N) is 1. The molecular weight excluding hydrogens is 274 g/mol. The van der Waals surface area contributed by atoms with Crippen molar-refractivity contribution in [3.63, 3.8) is 0 Å². The van der Waals surface area contributed by atoms with Crippen LogP contribution in [0.2, 0.25) is 0 Å². The van der Waals surface area contributed by atoms with Gasteiger partial charge in [-0.15, -0.1) is 0 Å². The van der Waals surface area contributed by atoms with Crippen molar-refractivity contribution in [3.05, 3.63) is 60.4 Å². The predicted molar refractivity (Wildman–Crippen MR) is 89.1 cm³/mol. The molecule has 0 bridgehead atoms. The molecule has 22 heavy (non-hydrogen) atoms. The molecule has 0 spiro atoms. The van der Waals surface area contributed by atoms with E-state index in [1.165, 1.54) is 11.1 Å². The maximum absolute atomic E-state index is 5.36. The molecule has 0 atom stereocenters. The van der Waals surface area contributed by atoms with Crippen LogP contribution in [0.3, 0.4) is 0 Å². The molecule has 1 aromatic heterocycles. The van der Waals surface area contributed by atoms with E-state index in [0.717, 1.165) is 37.3 Å². The fourth-order valence-corrected chi connectivity index (χ4v) is 2.63. The van der Waals surface area contributed by atoms with Gasteiger partial charge in [-0.05, 0) is 31.2 Å². The summed E-state index contributed by atoms with van der Waals surface area (Å²) in [6.45, 7) is 2.76. The van der Waals surface area contributed by atoms with Crippen molar-refractivity contribution in [1.29, 1.82) is 0 Å². The Morgan fingerprint density at radius 2 is 1.91 bits per heavy atom. The van der Waals surface area contributed by atoms with Crippen LogP contribution in [0.5, 0.6) is 5.75 Å². The lowest BCUT2D eigenvalue weighted by atomic mass is 10.2. The Kier molecular flexibility index (Phi) is 4.71. The number of benzene rings is 2. The smallest absolute Gasteiger partial charge is 0.123 e. The van der Waals surface area contributed by atoms with Gasteiger partial charge >= 0.3 is 0 Å². The third kappa shape index (κ3) is 3.28. The van der Waals surface area contributed by atoms with Crippen LogP contribution >= 0.6 is 0 Å². The molecule has 0 amide bonds. The van der Waals surface area contributed by atoms with E-state index < -0.39 is 0 Å². The van der Waals surface area contributed by atoms with Crippen LogP contribution in [0, 0.1) is 0 Å². The molecule has 0 aliphatic heterocycles. The maximum Gasteiger partial charge on any atom is 0.123 e. The van der Waals surface area contributed by atoms with Gasteiger partial charge in [0.1, 0.15) is 5.75 Å². The van der Waals surface area contributed by atoms with E-state index in [-0.39, 0.29) is 0 Å². The van der Waals surface area contributed by atoms with Crippen molar-refractivity contribution >= 4 is 11.0 Å². The number of aryl methyl sites for hydroxylation is 1. The molecule has 3 rings (SSSR count). The summed E-state index contributed by atoms with van der Waals surface area (Å²) < 4.78 is 7.57.